The zero-order chi connectivity index (χ0) is 11.1. The minimum atomic E-state index is 0.699. The molecular formula is C13H23NS. The minimum Gasteiger partial charge on any atom is -0.316 e. The summed E-state index contributed by atoms with van der Waals surface area (Å²) in [5.74, 6) is 1.48. The van der Waals surface area contributed by atoms with Gasteiger partial charge in [0.15, 0.2) is 0 Å². The predicted molar refractivity (Wildman–Crippen MR) is 69.7 cm³/mol. The summed E-state index contributed by atoms with van der Waals surface area (Å²) in [6.45, 7) is 9.02. The van der Waals surface area contributed by atoms with Crippen LogP contribution in [-0.2, 0) is 0 Å². The van der Waals surface area contributed by atoms with Crippen LogP contribution in [0.15, 0.2) is 17.5 Å². The first-order valence-corrected chi connectivity index (χ1v) is 6.91. The summed E-state index contributed by atoms with van der Waals surface area (Å²) in [5, 5.41) is 5.67. The molecule has 0 bridgehead atoms. The molecule has 0 aliphatic rings. The molecule has 1 rings (SSSR count). The average molecular weight is 225 g/mol. The molecule has 0 aliphatic heterocycles. The van der Waals surface area contributed by atoms with Gasteiger partial charge in [-0.2, -0.15) is 0 Å². The lowest BCUT2D eigenvalue weighted by molar-refractivity contribution is 0.411. The van der Waals surface area contributed by atoms with E-state index in [2.05, 4.69) is 43.6 Å². The van der Waals surface area contributed by atoms with Gasteiger partial charge in [-0.05, 0) is 23.9 Å². The number of thiophene rings is 1. The largest absolute Gasteiger partial charge is 0.316 e. The maximum Gasteiger partial charge on any atom is 0.00915 e. The fourth-order valence-electron chi connectivity index (χ4n) is 2.04. The summed E-state index contributed by atoms with van der Waals surface area (Å²) in [4.78, 5) is 1.54. The van der Waals surface area contributed by atoms with Crippen molar-refractivity contribution >= 4 is 11.3 Å². The molecule has 0 fully saturated rings. The van der Waals surface area contributed by atoms with Crippen molar-refractivity contribution in [1.82, 2.24) is 5.32 Å². The highest BCUT2D eigenvalue weighted by atomic mass is 32.1. The van der Waals surface area contributed by atoms with Gasteiger partial charge in [0.2, 0.25) is 0 Å². The van der Waals surface area contributed by atoms with E-state index in [1.807, 2.05) is 11.3 Å². The third-order valence-electron chi connectivity index (χ3n) is 2.95. The smallest absolute Gasteiger partial charge is 0.00915 e. The normalized spacial score (nSPS) is 15.1. The van der Waals surface area contributed by atoms with Crippen LogP contribution in [0.5, 0.6) is 0 Å². The zero-order valence-corrected chi connectivity index (χ0v) is 10.9. The Morgan fingerprint density at radius 3 is 2.73 bits per heavy atom. The molecule has 2 heteroatoms. The Hall–Kier alpha value is -0.340. The molecule has 1 N–H and O–H groups in total. The van der Waals surface area contributed by atoms with Crippen LogP contribution < -0.4 is 5.32 Å². The quantitative estimate of drug-likeness (QED) is 0.742. The van der Waals surface area contributed by atoms with Gasteiger partial charge in [0.05, 0.1) is 0 Å². The van der Waals surface area contributed by atoms with Gasteiger partial charge in [-0.15, -0.1) is 11.3 Å². The molecule has 0 radical (unpaired) electrons. The van der Waals surface area contributed by atoms with Crippen LogP contribution in [0.4, 0.5) is 0 Å². The Bertz CT molecular complexity index is 243. The van der Waals surface area contributed by atoms with Crippen molar-refractivity contribution in [2.24, 2.45) is 5.92 Å². The van der Waals surface area contributed by atoms with Gasteiger partial charge in [0.25, 0.3) is 0 Å². The van der Waals surface area contributed by atoms with E-state index >= 15 is 0 Å². The molecule has 0 saturated carbocycles. The van der Waals surface area contributed by atoms with Gasteiger partial charge in [-0.3, -0.25) is 0 Å². The lowest BCUT2D eigenvalue weighted by atomic mass is 9.89. The molecule has 2 unspecified atom stereocenters. The fourth-order valence-corrected chi connectivity index (χ4v) is 3.00. The number of hydrogen-bond donors (Lipinski definition) is 1. The van der Waals surface area contributed by atoms with Crippen molar-refractivity contribution in [1.29, 1.82) is 0 Å². The Morgan fingerprint density at radius 1 is 1.40 bits per heavy atom. The lowest BCUT2D eigenvalue weighted by Gasteiger charge is -2.22. The summed E-state index contributed by atoms with van der Waals surface area (Å²) >= 11 is 1.90. The summed E-state index contributed by atoms with van der Waals surface area (Å²) in [6, 6.07) is 4.44. The topological polar surface area (TPSA) is 12.0 Å². The molecule has 1 aromatic rings. The minimum absolute atomic E-state index is 0.699. The highest BCUT2D eigenvalue weighted by molar-refractivity contribution is 7.10. The second-order valence-corrected chi connectivity index (χ2v) is 5.17. The van der Waals surface area contributed by atoms with E-state index in [0.29, 0.717) is 5.92 Å². The molecule has 0 spiro atoms. The van der Waals surface area contributed by atoms with Crippen molar-refractivity contribution < 1.29 is 0 Å². The molecule has 0 saturated heterocycles. The number of rotatable bonds is 7. The number of nitrogens with one attached hydrogen (secondary N) is 1. The van der Waals surface area contributed by atoms with Crippen LogP contribution in [-0.4, -0.2) is 13.1 Å². The van der Waals surface area contributed by atoms with Crippen LogP contribution in [0.25, 0.3) is 0 Å². The molecule has 1 nitrogen and oxygen atoms in total. The van der Waals surface area contributed by atoms with Crippen LogP contribution in [0.1, 0.15) is 44.4 Å². The second-order valence-electron chi connectivity index (χ2n) is 4.20. The molecule has 0 aromatic carbocycles. The molecular weight excluding hydrogens is 202 g/mol. The Labute approximate surface area is 97.9 Å². The van der Waals surface area contributed by atoms with E-state index in [-0.39, 0.29) is 0 Å². The number of hydrogen-bond acceptors (Lipinski definition) is 2. The summed E-state index contributed by atoms with van der Waals surface area (Å²) in [5.41, 5.74) is 0. The predicted octanol–water partition coefficient (Wildman–Crippen LogP) is 3.88. The van der Waals surface area contributed by atoms with Gasteiger partial charge < -0.3 is 5.32 Å². The van der Waals surface area contributed by atoms with Crippen molar-refractivity contribution in [3.63, 3.8) is 0 Å². The summed E-state index contributed by atoms with van der Waals surface area (Å²) in [6.07, 6.45) is 2.61. The third-order valence-corrected chi connectivity index (χ3v) is 3.96. The highest BCUT2D eigenvalue weighted by Crippen LogP contribution is 2.30. The first-order valence-electron chi connectivity index (χ1n) is 6.03. The Balaban J connectivity index is 2.60. The summed E-state index contributed by atoms with van der Waals surface area (Å²) in [7, 11) is 0. The maximum atomic E-state index is 3.48. The second kappa shape index (κ2) is 7.02. The van der Waals surface area contributed by atoms with E-state index in [1.165, 1.54) is 17.7 Å². The SMILES string of the molecule is CCCC(C)C(CNCC)c1cccs1. The van der Waals surface area contributed by atoms with Gasteiger partial charge in [0.1, 0.15) is 0 Å². The van der Waals surface area contributed by atoms with Crippen molar-refractivity contribution in [3.8, 4) is 0 Å². The van der Waals surface area contributed by atoms with E-state index in [9.17, 15) is 0 Å². The summed E-state index contributed by atoms with van der Waals surface area (Å²) < 4.78 is 0. The molecule has 1 heterocycles. The zero-order valence-electron chi connectivity index (χ0n) is 10.1. The molecule has 2 atom stereocenters. The van der Waals surface area contributed by atoms with Gasteiger partial charge in [-0.25, -0.2) is 0 Å². The van der Waals surface area contributed by atoms with E-state index in [1.54, 1.807) is 0 Å². The van der Waals surface area contributed by atoms with Crippen LogP contribution >= 0.6 is 11.3 Å². The highest BCUT2D eigenvalue weighted by Gasteiger charge is 2.18. The Morgan fingerprint density at radius 2 is 2.20 bits per heavy atom. The Kier molecular flexibility index (Phi) is 5.96. The van der Waals surface area contributed by atoms with Crippen LogP contribution in [0.3, 0.4) is 0 Å². The monoisotopic (exact) mass is 225 g/mol. The molecule has 86 valence electrons. The average Bonchev–Trinajstić information content (AvgIpc) is 2.72. The molecule has 1 aromatic heterocycles. The maximum absolute atomic E-state index is 3.48. The van der Waals surface area contributed by atoms with Crippen LogP contribution in [0.2, 0.25) is 0 Å². The standard InChI is InChI=1S/C13H23NS/c1-4-7-11(3)12(10-14-5-2)13-8-6-9-15-13/h6,8-9,11-12,14H,4-5,7,10H2,1-3H3. The molecule has 15 heavy (non-hydrogen) atoms. The van der Waals surface area contributed by atoms with E-state index < -0.39 is 0 Å². The van der Waals surface area contributed by atoms with Gasteiger partial charge >= 0.3 is 0 Å². The lowest BCUT2D eigenvalue weighted by Crippen LogP contribution is -2.24. The van der Waals surface area contributed by atoms with Crippen molar-refractivity contribution in [3.05, 3.63) is 22.4 Å². The third kappa shape index (κ3) is 3.96. The van der Waals surface area contributed by atoms with Gasteiger partial charge in [-0.1, -0.05) is 39.7 Å². The van der Waals surface area contributed by atoms with Crippen molar-refractivity contribution in [2.75, 3.05) is 13.1 Å². The first kappa shape index (κ1) is 12.7. The number of likely N-dealkylation sites (N-methyl/N-ethyl adjacent to an activating group) is 1. The van der Waals surface area contributed by atoms with E-state index in [0.717, 1.165) is 19.0 Å². The van der Waals surface area contributed by atoms with E-state index in [4.69, 9.17) is 0 Å². The fraction of sp³-hybridized carbons (Fsp3) is 0.692. The van der Waals surface area contributed by atoms with Gasteiger partial charge in [0, 0.05) is 17.3 Å². The molecule has 0 amide bonds. The van der Waals surface area contributed by atoms with Crippen molar-refractivity contribution in [2.45, 2.75) is 39.5 Å². The molecule has 0 aliphatic carbocycles. The first-order chi connectivity index (χ1) is 7.29. The van der Waals surface area contributed by atoms with Crippen LogP contribution in [0, 0.1) is 5.92 Å².